The summed E-state index contributed by atoms with van der Waals surface area (Å²) in [7, 11) is 1.87. The number of aryl methyl sites for hydroxylation is 1. The molecular formula is C17H21F3N6O2. The van der Waals surface area contributed by atoms with Crippen molar-refractivity contribution in [2.24, 2.45) is 0 Å². The number of anilines is 3. The molecule has 2 rings (SSSR count). The Morgan fingerprint density at radius 1 is 1.11 bits per heavy atom. The summed E-state index contributed by atoms with van der Waals surface area (Å²) in [5.74, 6) is 0.299. The Kier molecular flexibility index (Phi) is 7.38. The Morgan fingerprint density at radius 2 is 1.82 bits per heavy atom. The summed E-state index contributed by atoms with van der Waals surface area (Å²) >= 11 is 0. The molecule has 2 amide bonds. The third-order valence-corrected chi connectivity index (χ3v) is 3.33. The SMILES string of the molecule is CNCCCNc1cc(C)nc(NC(=O)Nc2ccc(OC(F)(F)F)cc2)n1. The van der Waals surface area contributed by atoms with Crippen LogP contribution in [0.1, 0.15) is 12.1 Å². The molecule has 0 radical (unpaired) electrons. The highest BCUT2D eigenvalue weighted by atomic mass is 19.4. The predicted molar refractivity (Wildman–Crippen MR) is 99.6 cm³/mol. The van der Waals surface area contributed by atoms with Crippen LogP contribution < -0.4 is 26.0 Å². The van der Waals surface area contributed by atoms with Crippen molar-refractivity contribution in [1.82, 2.24) is 15.3 Å². The van der Waals surface area contributed by atoms with E-state index in [0.717, 1.165) is 25.1 Å². The van der Waals surface area contributed by atoms with E-state index < -0.39 is 12.4 Å². The first-order chi connectivity index (χ1) is 13.2. The van der Waals surface area contributed by atoms with Crippen LogP contribution in [0.4, 0.5) is 35.4 Å². The molecule has 11 heteroatoms. The lowest BCUT2D eigenvalue weighted by molar-refractivity contribution is -0.274. The number of hydrogen-bond donors (Lipinski definition) is 4. The van der Waals surface area contributed by atoms with Gasteiger partial charge in [-0.25, -0.2) is 9.78 Å². The molecule has 1 aromatic carbocycles. The standard InChI is InChI=1S/C17H21F3N6O2/c1-11-10-14(22-9-3-8-21-2)25-15(23-11)26-16(27)24-12-4-6-13(7-5-12)28-17(18,19)20/h4-7,10,21H,3,8-9H2,1-2H3,(H3,22,23,24,25,26,27). The average molecular weight is 398 g/mol. The Balaban J connectivity index is 1.92. The van der Waals surface area contributed by atoms with Gasteiger partial charge in [-0.3, -0.25) is 5.32 Å². The van der Waals surface area contributed by atoms with Crippen molar-refractivity contribution in [3.63, 3.8) is 0 Å². The van der Waals surface area contributed by atoms with Gasteiger partial charge in [0.2, 0.25) is 5.95 Å². The van der Waals surface area contributed by atoms with Crippen LogP contribution in [0.2, 0.25) is 0 Å². The minimum absolute atomic E-state index is 0.102. The minimum Gasteiger partial charge on any atom is -0.406 e. The number of ether oxygens (including phenoxy) is 1. The first kappa shape index (κ1) is 21.2. The number of halogens is 3. The van der Waals surface area contributed by atoms with Crippen molar-refractivity contribution in [3.05, 3.63) is 36.0 Å². The number of hydrogen-bond acceptors (Lipinski definition) is 6. The van der Waals surface area contributed by atoms with Crippen LogP contribution >= 0.6 is 0 Å². The predicted octanol–water partition coefficient (Wildman–Crippen LogP) is 3.35. The van der Waals surface area contributed by atoms with Gasteiger partial charge < -0.3 is 20.7 Å². The second-order valence-electron chi connectivity index (χ2n) is 5.75. The fourth-order valence-corrected chi connectivity index (χ4v) is 2.20. The van der Waals surface area contributed by atoms with E-state index in [1.165, 1.54) is 12.1 Å². The third-order valence-electron chi connectivity index (χ3n) is 3.33. The maximum atomic E-state index is 12.2. The second-order valence-corrected chi connectivity index (χ2v) is 5.75. The summed E-state index contributed by atoms with van der Waals surface area (Å²) in [6, 6.07) is 5.89. The molecule has 28 heavy (non-hydrogen) atoms. The van der Waals surface area contributed by atoms with Gasteiger partial charge in [-0.15, -0.1) is 13.2 Å². The van der Waals surface area contributed by atoms with Crippen LogP contribution in [-0.2, 0) is 0 Å². The van der Waals surface area contributed by atoms with Crippen molar-refractivity contribution >= 4 is 23.5 Å². The summed E-state index contributed by atoms with van der Waals surface area (Å²) < 4.78 is 40.2. The number of aromatic nitrogens is 2. The van der Waals surface area contributed by atoms with Gasteiger partial charge in [-0.05, 0) is 51.2 Å². The molecule has 2 aromatic rings. The van der Waals surface area contributed by atoms with E-state index >= 15 is 0 Å². The van der Waals surface area contributed by atoms with Crippen LogP contribution in [0.3, 0.4) is 0 Å². The van der Waals surface area contributed by atoms with Gasteiger partial charge in [0.1, 0.15) is 11.6 Å². The van der Waals surface area contributed by atoms with Gasteiger partial charge in [-0.1, -0.05) is 0 Å². The van der Waals surface area contributed by atoms with Crippen LogP contribution in [0, 0.1) is 6.92 Å². The van der Waals surface area contributed by atoms with Gasteiger partial charge in [0.15, 0.2) is 0 Å². The lowest BCUT2D eigenvalue weighted by atomic mass is 10.3. The summed E-state index contributed by atoms with van der Waals surface area (Å²) in [6.45, 7) is 3.33. The largest absolute Gasteiger partial charge is 0.573 e. The zero-order chi connectivity index (χ0) is 20.6. The molecule has 0 fully saturated rings. The van der Waals surface area contributed by atoms with E-state index in [1.54, 1.807) is 13.0 Å². The number of urea groups is 1. The van der Waals surface area contributed by atoms with E-state index in [9.17, 15) is 18.0 Å². The average Bonchev–Trinajstić information content (AvgIpc) is 2.59. The molecule has 0 saturated carbocycles. The summed E-state index contributed by atoms with van der Waals surface area (Å²) in [6.07, 6.45) is -3.87. The molecule has 0 spiro atoms. The molecule has 152 valence electrons. The number of nitrogens with one attached hydrogen (secondary N) is 4. The second kappa shape index (κ2) is 9.74. The molecule has 0 bridgehead atoms. The highest BCUT2D eigenvalue weighted by Crippen LogP contribution is 2.24. The molecule has 0 aliphatic heterocycles. The van der Waals surface area contributed by atoms with Crippen LogP contribution in [0.15, 0.2) is 30.3 Å². The Morgan fingerprint density at radius 3 is 2.46 bits per heavy atom. The molecule has 0 aliphatic rings. The number of benzene rings is 1. The van der Waals surface area contributed by atoms with E-state index in [0.29, 0.717) is 18.1 Å². The van der Waals surface area contributed by atoms with Crippen LogP contribution in [0.25, 0.3) is 0 Å². The molecule has 1 aromatic heterocycles. The van der Waals surface area contributed by atoms with Crippen molar-refractivity contribution in [2.75, 3.05) is 36.1 Å². The van der Waals surface area contributed by atoms with Gasteiger partial charge in [0.05, 0.1) is 0 Å². The summed E-state index contributed by atoms with van der Waals surface area (Å²) in [5, 5.41) is 11.2. The molecule has 0 aliphatic carbocycles. The molecule has 1 heterocycles. The minimum atomic E-state index is -4.77. The lowest BCUT2D eigenvalue weighted by Gasteiger charge is -2.11. The van der Waals surface area contributed by atoms with Gasteiger partial charge in [-0.2, -0.15) is 4.98 Å². The topological polar surface area (TPSA) is 100 Å². The van der Waals surface area contributed by atoms with E-state index in [2.05, 4.69) is 36.0 Å². The van der Waals surface area contributed by atoms with Gasteiger partial charge in [0.25, 0.3) is 0 Å². The van der Waals surface area contributed by atoms with Crippen LogP contribution in [-0.4, -0.2) is 42.5 Å². The van der Waals surface area contributed by atoms with Gasteiger partial charge >= 0.3 is 12.4 Å². The number of nitrogens with zero attached hydrogens (tertiary/aromatic N) is 2. The molecule has 4 N–H and O–H groups in total. The van der Waals surface area contributed by atoms with Gasteiger partial charge in [0, 0.05) is 24.0 Å². The normalized spacial score (nSPS) is 11.0. The third kappa shape index (κ3) is 7.66. The zero-order valence-electron chi connectivity index (χ0n) is 15.4. The van der Waals surface area contributed by atoms with Crippen molar-refractivity contribution < 1.29 is 22.7 Å². The number of carbonyl (C=O) groups excluding carboxylic acids is 1. The number of rotatable bonds is 8. The molecule has 0 unspecified atom stereocenters. The smallest absolute Gasteiger partial charge is 0.406 e. The number of alkyl halides is 3. The zero-order valence-corrected chi connectivity index (χ0v) is 15.4. The number of amides is 2. The van der Waals surface area contributed by atoms with Crippen molar-refractivity contribution in [3.8, 4) is 5.75 Å². The molecular weight excluding hydrogens is 377 g/mol. The maximum Gasteiger partial charge on any atom is 0.573 e. The molecule has 0 saturated heterocycles. The van der Waals surface area contributed by atoms with Crippen molar-refractivity contribution in [2.45, 2.75) is 19.7 Å². The molecule has 8 nitrogen and oxygen atoms in total. The number of carbonyl (C=O) groups is 1. The van der Waals surface area contributed by atoms with E-state index in [1.807, 2.05) is 7.05 Å². The van der Waals surface area contributed by atoms with Crippen LogP contribution in [0.5, 0.6) is 5.75 Å². The monoisotopic (exact) mass is 398 g/mol. The van der Waals surface area contributed by atoms with Crippen molar-refractivity contribution in [1.29, 1.82) is 0 Å². The maximum absolute atomic E-state index is 12.2. The first-order valence-electron chi connectivity index (χ1n) is 8.43. The lowest BCUT2D eigenvalue weighted by Crippen LogP contribution is -2.21. The first-order valence-corrected chi connectivity index (χ1v) is 8.43. The fourth-order valence-electron chi connectivity index (χ4n) is 2.20. The quantitative estimate of drug-likeness (QED) is 0.509. The molecule has 0 atom stereocenters. The fraction of sp³-hybridized carbons (Fsp3) is 0.353. The highest BCUT2D eigenvalue weighted by Gasteiger charge is 2.30. The Bertz CT molecular complexity index is 783. The summed E-state index contributed by atoms with van der Waals surface area (Å²) in [4.78, 5) is 20.4. The summed E-state index contributed by atoms with van der Waals surface area (Å²) in [5.41, 5.74) is 0.945. The Labute approximate surface area is 159 Å². The van der Waals surface area contributed by atoms with E-state index in [-0.39, 0.29) is 17.4 Å². The highest BCUT2D eigenvalue weighted by molar-refractivity contribution is 5.98. The van der Waals surface area contributed by atoms with E-state index in [4.69, 9.17) is 0 Å². The Hall–Kier alpha value is -3.08.